The van der Waals surface area contributed by atoms with E-state index in [-0.39, 0.29) is 11.5 Å². The Balaban J connectivity index is 1.30. The van der Waals surface area contributed by atoms with Gasteiger partial charge in [-0.2, -0.15) is 0 Å². The molecule has 4 heteroatoms. The van der Waals surface area contributed by atoms with E-state index in [9.17, 15) is 10.2 Å². The van der Waals surface area contributed by atoms with Gasteiger partial charge in [0.25, 0.3) is 0 Å². The second-order valence-electron chi connectivity index (χ2n) is 14.2. The highest BCUT2D eigenvalue weighted by atomic mass is 16.3. The fraction of sp³-hybridized carbons (Fsp3) is 0.0588. The number of hydrogen-bond acceptors (Lipinski definition) is 4. The van der Waals surface area contributed by atoms with Gasteiger partial charge in [-0.25, -0.2) is 0 Å². The summed E-state index contributed by atoms with van der Waals surface area (Å²) in [5.41, 5.74) is 13.1. The van der Waals surface area contributed by atoms with Gasteiger partial charge in [0, 0.05) is 39.5 Å². The van der Waals surface area contributed by atoms with Crippen molar-refractivity contribution in [3.8, 4) is 22.6 Å². The first-order chi connectivity index (χ1) is 27.1. The van der Waals surface area contributed by atoms with Crippen LogP contribution in [0.25, 0.3) is 11.1 Å². The Morgan fingerprint density at radius 3 is 0.945 bits per heavy atom. The van der Waals surface area contributed by atoms with E-state index in [2.05, 4.69) is 168 Å². The Labute approximate surface area is 322 Å². The highest BCUT2D eigenvalue weighted by Gasteiger charge is 2.44. The quantitative estimate of drug-likeness (QED) is 0.148. The molecule has 4 nitrogen and oxygen atoms in total. The van der Waals surface area contributed by atoms with Crippen LogP contribution in [0.5, 0.6) is 11.5 Å². The van der Waals surface area contributed by atoms with Gasteiger partial charge >= 0.3 is 0 Å². The molecule has 0 aliphatic heterocycles. The number of rotatable bonds is 10. The molecular formula is C51H40N2O2. The Bertz CT molecular complexity index is 2280. The Morgan fingerprint density at radius 2 is 0.636 bits per heavy atom. The zero-order chi connectivity index (χ0) is 37.2. The van der Waals surface area contributed by atoms with Gasteiger partial charge < -0.3 is 20.0 Å². The van der Waals surface area contributed by atoms with Crippen molar-refractivity contribution in [2.24, 2.45) is 0 Å². The van der Waals surface area contributed by atoms with Crippen LogP contribution in [0.3, 0.4) is 0 Å². The van der Waals surface area contributed by atoms with E-state index in [0.717, 1.165) is 45.3 Å². The maximum atomic E-state index is 10.4. The normalized spacial score (nSPS) is 12.4. The lowest BCUT2D eigenvalue weighted by atomic mass is 9.69. The maximum Gasteiger partial charge on any atom is 0.115 e. The molecule has 0 unspecified atom stereocenters. The Morgan fingerprint density at radius 1 is 0.327 bits per heavy atom. The fourth-order valence-corrected chi connectivity index (χ4v) is 8.32. The second kappa shape index (κ2) is 14.4. The lowest BCUT2D eigenvalue weighted by Gasteiger charge is -2.35. The molecule has 266 valence electrons. The number of para-hydroxylation sites is 4. The average Bonchev–Trinajstić information content (AvgIpc) is 3.49. The number of aromatic hydroxyl groups is 2. The summed E-state index contributed by atoms with van der Waals surface area (Å²) in [5.74, 6) is 0.492. The summed E-state index contributed by atoms with van der Waals surface area (Å²) < 4.78 is 0. The van der Waals surface area contributed by atoms with Crippen LogP contribution in [0, 0.1) is 0 Å². The molecule has 9 rings (SSSR count). The van der Waals surface area contributed by atoms with Crippen molar-refractivity contribution in [1.29, 1.82) is 0 Å². The van der Waals surface area contributed by atoms with Crippen LogP contribution >= 0.6 is 0 Å². The summed E-state index contributed by atoms with van der Waals surface area (Å²) in [6.07, 6.45) is 1.38. The number of anilines is 6. The molecule has 2 N–H and O–H groups in total. The first-order valence-electron chi connectivity index (χ1n) is 18.7. The van der Waals surface area contributed by atoms with Gasteiger partial charge in [0.05, 0.1) is 0 Å². The summed E-state index contributed by atoms with van der Waals surface area (Å²) in [6.45, 7) is 0. The van der Waals surface area contributed by atoms with Gasteiger partial charge in [0.1, 0.15) is 11.5 Å². The van der Waals surface area contributed by atoms with E-state index < -0.39 is 5.41 Å². The van der Waals surface area contributed by atoms with Crippen LogP contribution in [-0.2, 0) is 18.3 Å². The average molecular weight is 713 g/mol. The predicted octanol–water partition coefficient (Wildman–Crippen LogP) is 12.8. The Kier molecular flexibility index (Phi) is 8.85. The summed E-state index contributed by atoms with van der Waals surface area (Å²) in [5, 5.41) is 20.7. The van der Waals surface area contributed by atoms with Gasteiger partial charge in [0.15, 0.2) is 0 Å². The standard InChI is InChI=1S/C51H40N2O2/c54-45-27-21-37(22-28-45)35-51(36-38-23-29-46(55)30-24-38)49-33-43(52(39-13-5-1-6-14-39)40-15-7-2-8-16-40)25-31-47(49)48-32-26-44(34-50(48)51)53(41-17-9-3-10-18-41)42-19-11-4-12-20-42/h1-34,54-55H,35-36H2. The van der Waals surface area contributed by atoms with E-state index in [1.165, 1.54) is 22.3 Å². The largest absolute Gasteiger partial charge is 0.508 e. The van der Waals surface area contributed by atoms with E-state index in [4.69, 9.17) is 0 Å². The maximum absolute atomic E-state index is 10.4. The third-order valence-corrected chi connectivity index (χ3v) is 10.8. The molecule has 8 aromatic rings. The fourth-order valence-electron chi connectivity index (χ4n) is 8.32. The van der Waals surface area contributed by atoms with E-state index in [1.807, 2.05) is 24.3 Å². The number of fused-ring (bicyclic) bond motifs is 3. The zero-order valence-electron chi connectivity index (χ0n) is 30.3. The lowest BCUT2D eigenvalue weighted by molar-refractivity contribution is 0.473. The van der Waals surface area contributed by atoms with Crippen LogP contribution < -0.4 is 9.80 Å². The smallest absolute Gasteiger partial charge is 0.115 e. The van der Waals surface area contributed by atoms with Gasteiger partial charge in [-0.05, 0) is 143 Å². The third kappa shape index (κ3) is 6.49. The third-order valence-electron chi connectivity index (χ3n) is 10.8. The van der Waals surface area contributed by atoms with Crippen molar-refractivity contribution in [1.82, 2.24) is 0 Å². The first kappa shape index (κ1) is 33.8. The van der Waals surface area contributed by atoms with Crippen LogP contribution in [0.4, 0.5) is 34.1 Å². The van der Waals surface area contributed by atoms with Crippen LogP contribution in [-0.4, -0.2) is 10.2 Å². The number of phenolic OH excluding ortho intramolecular Hbond substituents is 2. The van der Waals surface area contributed by atoms with Crippen molar-refractivity contribution < 1.29 is 10.2 Å². The Hall–Kier alpha value is -7.04. The van der Waals surface area contributed by atoms with E-state index in [1.54, 1.807) is 24.3 Å². The summed E-state index contributed by atoms with van der Waals surface area (Å²) in [4.78, 5) is 4.65. The van der Waals surface area contributed by atoms with Crippen LogP contribution in [0.1, 0.15) is 22.3 Å². The molecule has 0 fully saturated rings. The van der Waals surface area contributed by atoms with Gasteiger partial charge in [0.2, 0.25) is 0 Å². The van der Waals surface area contributed by atoms with Crippen molar-refractivity contribution in [2.45, 2.75) is 18.3 Å². The van der Waals surface area contributed by atoms with Crippen molar-refractivity contribution in [3.63, 3.8) is 0 Å². The predicted molar refractivity (Wildman–Crippen MR) is 226 cm³/mol. The molecule has 55 heavy (non-hydrogen) atoms. The number of nitrogens with zero attached hydrogens (tertiary/aromatic N) is 2. The van der Waals surface area contributed by atoms with E-state index >= 15 is 0 Å². The minimum atomic E-state index is -0.525. The number of phenols is 2. The summed E-state index contributed by atoms with van der Waals surface area (Å²) >= 11 is 0. The SMILES string of the molecule is Oc1ccc(CC2(Cc3ccc(O)cc3)c3cc(N(c4ccccc4)c4ccccc4)ccc3-c3ccc(N(c4ccccc4)c4ccccc4)cc32)cc1. The number of benzene rings is 8. The molecule has 0 atom stereocenters. The minimum Gasteiger partial charge on any atom is -0.508 e. The second-order valence-corrected chi connectivity index (χ2v) is 14.2. The van der Waals surface area contributed by atoms with Gasteiger partial charge in [-0.1, -0.05) is 109 Å². The monoisotopic (exact) mass is 712 g/mol. The minimum absolute atomic E-state index is 0.246. The van der Waals surface area contributed by atoms with Crippen molar-refractivity contribution in [2.75, 3.05) is 9.80 Å². The molecular weight excluding hydrogens is 673 g/mol. The molecule has 0 radical (unpaired) electrons. The zero-order valence-corrected chi connectivity index (χ0v) is 30.3. The lowest BCUT2D eigenvalue weighted by Crippen LogP contribution is -2.31. The molecule has 0 aromatic heterocycles. The molecule has 8 aromatic carbocycles. The number of hydrogen-bond donors (Lipinski definition) is 2. The molecule has 0 spiro atoms. The topological polar surface area (TPSA) is 46.9 Å². The van der Waals surface area contributed by atoms with Gasteiger partial charge in [-0.3, -0.25) is 0 Å². The molecule has 0 amide bonds. The molecule has 0 bridgehead atoms. The van der Waals surface area contributed by atoms with Crippen molar-refractivity contribution in [3.05, 3.63) is 229 Å². The van der Waals surface area contributed by atoms with Crippen molar-refractivity contribution >= 4 is 34.1 Å². The van der Waals surface area contributed by atoms with Crippen LogP contribution in [0.15, 0.2) is 206 Å². The summed E-state index contributed by atoms with van der Waals surface area (Å²) in [7, 11) is 0. The molecule has 1 aliphatic rings. The summed E-state index contributed by atoms with van der Waals surface area (Å²) in [6, 6.07) is 71.3. The van der Waals surface area contributed by atoms with Gasteiger partial charge in [-0.15, -0.1) is 0 Å². The van der Waals surface area contributed by atoms with E-state index in [0.29, 0.717) is 12.8 Å². The first-order valence-corrected chi connectivity index (χ1v) is 18.7. The highest BCUT2D eigenvalue weighted by molar-refractivity contribution is 5.89. The molecule has 0 heterocycles. The van der Waals surface area contributed by atoms with Crippen LogP contribution in [0.2, 0.25) is 0 Å². The highest BCUT2D eigenvalue weighted by Crippen LogP contribution is 2.55. The molecule has 1 aliphatic carbocycles. The molecule has 0 saturated heterocycles. The molecule has 0 saturated carbocycles.